The zero-order valence-electron chi connectivity index (χ0n) is 15.9. The van der Waals surface area contributed by atoms with Gasteiger partial charge in [0, 0.05) is 19.0 Å². The van der Waals surface area contributed by atoms with E-state index in [1.807, 2.05) is 25.1 Å². The average Bonchev–Trinajstić information content (AvgIpc) is 3.03. The Morgan fingerprint density at radius 2 is 2.00 bits per heavy atom. The third kappa shape index (κ3) is 4.07. The number of rotatable bonds is 5. The molecule has 1 aliphatic carbocycles. The van der Waals surface area contributed by atoms with Crippen LogP contribution in [0.4, 0.5) is 5.69 Å². The second-order valence-corrected chi connectivity index (χ2v) is 7.49. The van der Waals surface area contributed by atoms with Crippen molar-refractivity contribution in [2.75, 3.05) is 18.6 Å². The molecule has 3 amide bonds. The Hall–Kier alpha value is -2.57. The molecule has 1 heterocycles. The molecule has 1 aromatic carbocycles. The smallest absolute Gasteiger partial charge is 0.227 e. The fraction of sp³-hybridized carbons (Fsp3) is 0.550. The van der Waals surface area contributed by atoms with Crippen LogP contribution in [-0.4, -0.2) is 37.4 Å². The molecule has 3 atom stereocenters. The van der Waals surface area contributed by atoms with Crippen LogP contribution in [0.1, 0.15) is 37.7 Å². The zero-order chi connectivity index (χ0) is 19.6. The molecule has 1 saturated heterocycles. The van der Waals surface area contributed by atoms with Gasteiger partial charge in [0.25, 0.3) is 0 Å². The summed E-state index contributed by atoms with van der Waals surface area (Å²) >= 11 is 0. The van der Waals surface area contributed by atoms with Crippen LogP contribution in [0, 0.1) is 18.8 Å². The molecule has 1 aliphatic heterocycles. The molecular weight excluding hydrogens is 346 g/mol. The summed E-state index contributed by atoms with van der Waals surface area (Å²) in [7, 11) is 1.56. The lowest BCUT2D eigenvalue weighted by molar-refractivity contribution is -0.129. The van der Waals surface area contributed by atoms with Crippen molar-refractivity contribution in [2.45, 2.75) is 45.1 Å². The largest absolute Gasteiger partial charge is 0.495 e. The maximum atomic E-state index is 12.8. The summed E-state index contributed by atoms with van der Waals surface area (Å²) < 4.78 is 5.37. The number of hydrogen-bond acceptors (Lipinski definition) is 4. The number of nitrogens with zero attached hydrogens (tertiary/aromatic N) is 1. The fourth-order valence-corrected chi connectivity index (χ4v) is 4.07. The van der Waals surface area contributed by atoms with Crippen LogP contribution in [0.5, 0.6) is 5.75 Å². The Morgan fingerprint density at radius 3 is 2.70 bits per heavy atom. The van der Waals surface area contributed by atoms with E-state index in [4.69, 9.17) is 10.5 Å². The Kier molecular flexibility index (Phi) is 5.68. The van der Waals surface area contributed by atoms with Crippen LogP contribution in [0.25, 0.3) is 0 Å². The number of nitrogens with two attached hydrogens (primary N) is 1. The number of ether oxygens (including phenoxy) is 1. The van der Waals surface area contributed by atoms with E-state index < -0.39 is 5.92 Å². The van der Waals surface area contributed by atoms with Crippen molar-refractivity contribution in [3.63, 3.8) is 0 Å². The highest BCUT2D eigenvalue weighted by molar-refractivity contribution is 6.01. The summed E-state index contributed by atoms with van der Waals surface area (Å²) in [6.45, 7) is 2.25. The molecule has 146 valence electrons. The lowest BCUT2D eigenvalue weighted by atomic mass is 9.83. The van der Waals surface area contributed by atoms with Gasteiger partial charge in [-0.2, -0.15) is 0 Å². The molecule has 0 unspecified atom stereocenters. The van der Waals surface area contributed by atoms with Crippen molar-refractivity contribution in [3.8, 4) is 5.75 Å². The SMILES string of the molecule is COc1ccc(C)cc1N1C[C@H](C(=O)N[C@@H]2CCCC[C@@H]2C(N)=O)CC1=O. The second-order valence-electron chi connectivity index (χ2n) is 7.49. The van der Waals surface area contributed by atoms with Crippen molar-refractivity contribution in [1.29, 1.82) is 0 Å². The molecule has 0 aromatic heterocycles. The number of aryl methyl sites for hydroxylation is 1. The standard InChI is InChI=1S/C20H27N3O4/c1-12-7-8-17(27-2)16(9-12)23-11-13(10-18(23)24)20(26)22-15-6-4-3-5-14(15)19(21)25/h7-9,13-15H,3-6,10-11H2,1-2H3,(H2,21,25)(H,22,26)/t13-,14+,15-/m1/s1. The van der Waals surface area contributed by atoms with E-state index in [1.54, 1.807) is 12.0 Å². The van der Waals surface area contributed by atoms with E-state index in [-0.39, 0.29) is 36.1 Å². The second kappa shape index (κ2) is 7.98. The molecule has 1 saturated carbocycles. The van der Waals surface area contributed by atoms with Gasteiger partial charge in [-0.3, -0.25) is 14.4 Å². The number of nitrogens with one attached hydrogen (secondary N) is 1. The molecule has 1 aromatic rings. The summed E-state index contributed by atoms with van der Waals surface area (Å²) in [5.41, 5.74) is 7.18. The van der Waals surface area contributed by atoms with Crippen LogP contribution in [0.3, 0.4) is 0 Å². The van der Waals surface area contributed by atoms with E-state index in [1.165, 1.54) is 0 Å². The molecule has 2 fully saturated rings. The third-order valence-electron chi connectivity index (χ3n) is 5.58. The molecular formula is C20H27N3O4. The van der Waals surface area contributed by atoms with Crippen LogP contribution in [0.2, 0.25) is 0 Å². The van der Waals surface area contributed by atoms with Crippen molar-refractivity contribution in [3.05, 3.63) is 23.8 Å². The van der Waals surface area contributed by atoms with E-state index >= 15 is 0 Å². The minimum atomic E-state index is -0.446. The highest BCUT2D eigenvalue weighted by atomic mass is 16.5. The number of carbonyl (C=O) groups excluding carboxylic acids is 3. The highest BCUT2D eigenvalue weighted by Gasteiger charge is 2.38. The van der Waals surface area contributed by atoms with Crippen molar-refractivity contribution in [1.82, 2.24) is 5.32 Å². The monoisotopic (exact) mass is 373 g/mol. The first-order valence-corrected chi connectivity index (χ1v) is 9.45. The molecule has 27 heavy (non-hydrogen) atoms. The summed E-state index contributed by atoms with van der Waals surface area (Å²) in [6, 6.07) is 5.40. The predicted octanol–water partition coefficient (Wildman–Crippen LogP) is 1.52. The van der Waals surface area contributed by atoms with Gasteiger partial charge < -0.3 is 20.7 Å². The summed E-state index contributed by atoms with van der Waals surface area (Å²) in [6.07, 6.45) is 3.51. The average molecular weight is 373 g/mol. The number of anilines is 1. The molecule has 0 radical (unpaired) electrons. The van der Waals surface area contributed by atoms with E-state index in [2.05, 4.69) is 5.32 Å². The van der Waals surface area contributed by atoms with Crippen molar-refractivity contribution < 1.29 is 19.1 Å². The summed E-state index contributed by atoms with van der Waals surface area (Å²) in [5.74, 6) is -0.819. The number of amides is 3. The van der Waals surface area contributed by atoms with Gasteiger partial charge >= 0.3 is 0 Å². The number of primary amides is 1. The van der Waals surface area contributed by atoms with Crippen molar-refractivity contribution >= 4 is 23.4 Å². The first kappa shape index (κ1) is 19.2. The van der Waals surface area contributed by atoms with Gasteiger partial charge in [0.15, 0.2) is 0 Å². The normalized spacial score (nSPS) is 25.3. The van der Waals surface area contributed by atoms with Gasteiger partial charge in [0.1, 0.15) is 5.75 Å². The zero-order valence-corrected chi connectivity index (χ0v) is 15.9. The van der Waals surface area contributed by atoms with Gasteiger partial charge in [-0.1, -0.05) is 18.9 Å². The van der Waals surface area contributed by atoms with Crippen molar-refractivity contribution in [2.24, 2.45) is 17.6 Å². The van der Waals surface area contributed by atoms with Crippen LogP contribution in [0.15, 0.2) is 18.2 Å². The molecule has 2 aliphatic rings. The van der Waals surface area contributed by atoms with Gasteiger partial charge in [0.05, 0.1) is 24.6 Å². The minimum absolute atomic E-state index is 0.103. The van der Waals surface area contributed by atoms with Crippen LogP contribution < -0.4 is 20.7 Å². The van der Waals surface area contributed by atoms with Gasteiger partial charge in [0.2, 0.25) is 17.7 Å². The number of benzene rings is 1. The molecule has 0 spiro atoms. The third-order valence-corrected chi connectivity index (χ3v) is 5.58. The lowest BCUT2D eigenvalue weighted by Crippen LogP contribution is -2.49. The highest BCUT2D eigenvalue weighted by Crippen LogP contribution is 2.34. The van der Waals surface area contributed by atoms with Crippen LogP contribution >= 0.6 is 0 Å². The molecule has 7 heteroatoms. The maximum absolute atomic E-state index is 12.8. The quantitative estimate of drug-likeness (QED) is 0.817. The maximum Gasteiger partial charge on any atom is 0.227 e. The molecule has 3 N–H and O–H groups in total. The summed E-state index contributed by atoms with van der Waals surface area (Å²) in [5, 5.41) is 2.97. The lowest BCUT2D eigenvalue weighted by Gasteiger charge is -2.30. The number of carbonyl (C=O) groups is 3. The van der Waals surface area contributed by atoms with E-state index in [9.17, 15) is 14.4 Å². The van der Waals surface area contributed by atoms with Crippen LogP contribution in [-0.2, 0) is 14.4 Å². The first-order chi connectivity index (χ1) is 12.9. The van der Waals surface area contributed by atoms with Gasteiger partial charge in [-0.15, -0.1) is 0 Å². The number of methoxy groups -OCH3 is 1. The van der Waals surface area contributed by atoms with E-state index in [0.717, 1.165) is 24.8 Å². The Bertz CT molecular complexity index is 749. The fourth-order valence-electron chi connectivity index (χ4n) is 4.07. The molecule has 7 nitrogen and oxygen atoms in total. The molecule has 0 bridgehead atoms. The predicted molar refractivity (Wildman–Crippen MR) is 101 cm³/mol. The molecule has 3 rings (SSSR count). The Morgan fingerprint density at radius 1 is 1.26 bits per heavy atom. The van der Waals surface area contributed by atoms with Gasteiger partial charge in [-0.05, 0) is 37.5 Å². The minimum Gasteiger partial charge on any atom is -0.495 e. The van der Waals surface area contributed by atoms with E-state index in [0.29, 0.717) is 24.4 Å². The summed E-state index contributed by atoms with van der Waals surface area (Å²) in [4.78, 5) is 38.6. The van der Waals surface area contributed by atoms with Gasteiger partial charge in [-0.25, -0.2) is 0 Å². The Balaban J connectivity index is 1.71. The number of hydrogen-bond donors (Lipinski definition) is 2. The Labute approximate surface area is 159 Å². The first-order valence-electron chi connectivity index (χ1n) is 9.45. The topological polar surface area (TPSA) is 102 Å².